The van der Waals surface area contributed by atoms with Crippen molar-refractivity contribution in [2.45, 2.75) is 6.54 Å². The van der Waals surface area contributed by atoms with Crippen molar-refractivity contribution in [2.24, 2.45) is 0 Å². The van der Waals surface area contributed by atoms with Crippen LogP contribution in [0.3, 0.4) is 0 Å². The average Bonchev–Trinajstić information content (AvgIpc) is 2.64. The fourth-order valence-electron chi connectivity index (χ4n) is 2.32. The quantitative estimate of drug-likeness (QED) is 0.749. The fraction of sp³-hybridized carbons (Fsp3) is 0.105. The first-order valence-electron chi connectivity index (χ1n) is 7.77. The van der Waals surface area contributed by atoms with E-state index in [1.165, 1.54) is 0 Å². The molecule has 5 nitrogen and oxygen atoms in total. The molecule has 0 bridgehead atoms. The molecule has 0 aliphatic carbocycles. The molecule has 0 aliphatic rings. The molecule has 0 saturated heterocycles. The smallest absolute Gasteiger partial charge is 0.272 e. The van der Waals surface area contributed by atoms with Crippen LogP contribution in [0.5, 0.6) is 0 Å². The van der Waals surface area contributed by atoms with Gasteiger partial charge in [0.25, 0.3) is 5.91 Å². The number of nitrogens with one attached hydrogen (secondary N) is 1. The third-order valence-electron chi connectivity index (χ3n) is 3.58. The summed E-state index contributed by atoms with van der Waals surface area (Å²) in [7, 11) is 1.75. The van der Waals surface area contributed by atoms with Crippen LogP contribution in [0.25, 0.3) is 0 Å². The number of aromatic nitrogens is 2. The first-order chi connectivity index (χ1) is 12.1. The number of hydrogen-bond acceptors (Lipinski definition) is 4. The van der Waals surface area contributed by atoms with E-state index >= 15 is 0 Å². The topological polar surface area (TPSA) is 58.1 Å². The predicted octanol–water partition coefficient (Wildman–Crippen LogP) is 4.15. The highest BCUT2D eigenvalue weighted by Gasteiger charge is 2.14. The lowest BCUT2D eigenvalue weighted by Crippen LogP contribution is -2.27. The lowest BCUT2D eigenvalue weighted by atomic mass is 10.2. The standard InChI is InChI=1S/C19H17ClN4O/c1-24(13-14-5-3-2-4-6-14)18(25)17-11-12-21-19(23-17)22-16-9-7-15(20)8-10-16/h2-12H,13H2,1H3,(H,21,22,23). The molecule has 1 aromatic heterocycles. The predicted molar refractivity (Wildman–Crippen MR) is 99.0 cm³/mol. The summed E-state index contributed by atoms with van der Waals surface area (Å²) in [5, 5.41) is 3.71. The van der Waals surface area contributed by atoms with Crippen molar-refractivity contribution >= 4 is 29.1 Å². The first-order valence-corrected chi connectivity index (χ1v) is 8.14. The zero-order chi connectivity index (χ0) is 17.6. The molecule has 25 heavy (non-hydrogen) atoms. The van der Waals surface area contributed by atoms with Crippen LogP contribution in [-0.2, 0) is 6.54 Å². The zero-order valence-corrected chi connectivity index (χ0v) is 14.4. The molecule has 2 aromatic carbocycles. The number of carbonyl (C=O) groups excluding carboxylic acids is 1. The molecule has 0 atom stereocenters. The van der Waals surface area contributed by atoms with Gasteiger partial charge in [0.15, 0.2) is 0 Å². The molecular formula is C19H17ClN4O. The van der Waals surface area contributed by atoms with E-state index in [0.29, 0.717) is 23.2 Å². The minimum atomic E-state index is -0.162. The first kappa shape index (κ1) is 16.9. The van der Waals surface area contributed by atoms with E-state index in [-0.39, 0.29) is 5.91 Å². The van der Waals surface area contributed by atoms with E-state index in [1.54, 1.807) is 36.3 Å². The molecule has 0 spiro atoms. The monoisotopic (exact) mass is 352 g/mol. The lowest BCUT2D eigenvalue weighted by molar-refractivity contribution is 0.0779. The Morgan fingerprint density at radius 2 is 1.80 bits per heavy atom. The van der Waals surface area contributed by atoms with Gasteiger partial charge in [0, 0.05) is 30.5 Å². The average molecular weight is 353 g/mol. The lowest BCUT2D eigenvalue weighted by Gasteiger charge is -2.17. The second-order valence-corrected chi connectivity index (χ2v) is 5.98. The summed E-state index contributed by atoms with van der Waals surface area (Å²) in [6, 6.07) is 18.6. The maximum atomic E-state index is 12.6. The Balaban J connectivity index is 1.71. The van der Waals surface area contributed by atoms with Crippen molar-refractivity contribution in [1.29, 1.82) is 0 Å². The third-order valence-corrected chi connectivity index (χ3v) is 3.84. The Labute approximate surface area is 151 Å². The Morgan fingerprint density at radius 1 is 1.08 bits per heavy atom. The summed E-state index contributed by atoms with van der Waals surface area (Å²) in [6.07, 6.45) is 1.56. The highest BCUT2D eigenvalue weighted by atomic mass is 35.5. The van der Waals surface area contributed by atoms with Crippen molar-refractivity contribution < 1.29 is 4.79 Å². The van der Waals surface area contributed by atoms with Crippen molar-refractivity contribution in [3.63, 3.8) is 0 Å². The summed E-state index contributed by atoms with van der Waals surface area (Å²) in [4.78, 5) is 22.7. The SMILES string of the molecule is CN(Cc1ccccc1)C(=O)c1ccnc(Nc2ccc(Cl)cc2)n1. The molecule has 126 valence electrons. The van der Waals surface area contributed by atoms with Crippen LogP contribution >= 0.6 is 11.6 Å². The van der Waals surface area contributed by atoms with Crippen LogP contribution < -0.4 is 5.32 Å². The number of rotatable bonds is 5. The van der Waals surface area contributed by atoms with E-state index in [2.05, 4.69) is 15.3 Å². The summed E-state index contributed by atoms with van der Waals surface area (Å²) >= 11 is 5.87. The van der Waals surface area contributed by atoms with E-state index in [0.717, 1.165) is 11.3 Å². The van der Waals surface area contributed by atoms with Crippen LogP contribution in [0.4, 0.5) is 11.6 Å². The molecule has 6 heteroatoms. The van der Waals surface area contributed by atoms with Gasteiger partial charge >= 0.3 is 0 Å². The molecule has 1 amide bonds. The number of amides is 1. The van der Waals surface area contributed by atoms with Crippen LogP contribution in [0.15, 0.2) is 66.9 Å². The van der Waals surface area contributed by atoms with Gasteiger partial charge in [-0.25, -0.2) is 9.97 Å². The molecule has 0 radical (unpaired) electrons. The minimum absolute atomic E-state index is 0.162. The number of nitrogens with zero attached hydrogens (tertiary/aromatic N) is 3. The van der Waals surface area contributed by atoms with Gasteiger partial charge in [-0.3, -0.25) is 4.79 Å². The molecule has 1 heterocycles. The van der Waals surface area contributed by atoms with Gasteiger partial charge in [0.2, 0.25) is 5.95 Å². The van der Waals surface area contributed by atoms with Crippen LogP contribution in [0.2, 0.25) is 5.02 Å². The van der Waals surface area contributed by atoms with Crippen molar-refractivity contribution in [3.8, 4) is 0 Å². The Morgan fingerprint density at radius 3 is 2.52 bits per heavy atom. The van der Waals surface area contributed by atoms with E-state index in [9.17, 15) is 4.79 Å². The molecular weight excluding hydrogens is 336 g/mol. The fourth-order valence-corrected chi connectivity index (χ4v) is 2.45. The van der Waals surface area contributed by atoms with Crippen LogP contribution in [-0.4, -0.2) is 27.8 Å². The molecule has 0 unspecified atom stereocenters. The molecule has 3 aromatic rings. The molecule has 3 rings (SSSR count). The number of benzene rings is 2. The van der Waals surface area contributed by atoms with Gasteiger partial charge in [-0.05, 0) is 35.9 Å². The minimum Gasteiger partial charge on any atom is -0.336 e. The number of anilines is 2. The molecule has 0 aliphatic heterocycles. The summed E-state index contributed by atoms with van der Waals surface area (Å²) in [5.74, 6) is 0.201. The van der Waals surface area contributed by atoms with Crippen LogP contribution in [0, 0.1) is 0 Å². The van der Waals surface area contributed by atoms with Gasteiger partial charge in [-0.15, -0.1) is 0 Å². The highest BCUT2D eigenvalue weighted by Crippen LogP contribution is 2.17. The zero-order valence-electron chi connectivity index (χ0n) is 13.7. The Kier molecular flexibility index (Phi) is 5.26. The van der Waals surface area contributed by atoms with Gasteiger partial charge in [0.1, 0.15) is 5.69 Å². The molecule has 0 fully saturated rings. The Hall–Kier alpha value is -2.92. The second kappa shape index (κ2) is 7.77. The van der Waals surface area contributed by atoms with Gasteiger partial charge in [0.05, 0.1) is 0 Å². The largest absolute Gasteiger partial charge is 0.336 e. The van der Waals surface area contributed by atoms with E-state index in [4.69, 9.17) is 11.6 Å². The number of hydrogen-bond donors (Lipinski definition) is 1. The maximum Gasteiger partial charge on any atom is 0.272 e. The third kappa shape index (κ3) is 4.55. The van der Waals surface area contributed by atoms with Crippen molar-refractivity contribution in [1.82, 2.24) is 14.9 Å². The number of halogens is 1. The maximum absolute atomic E-state index is 12.6. The summed E-state index contributed by atoms with van der Waals surface area (Å²) in [5.41, 5.74) is 2.20. The van der Waals surface area contributed by atoms with Gasteiger partial charge in [-0.2, -0.15) is 0 Å². The number of carbonyl (C=O) groups is 1. The van der Waals surface area contributed by atoms with Gasteiger partial charge in [-0.1, -0.05) is 41.9 Å². The highest BCUT2D eigenvalue weighted by molar-refractivity contribution is 6.30. The normalized spacial score (nSPS) is 10.3. The van der Waals surface area contributed by atoms with Gasteiger partial charge < -0.3 is 10.2 Å². The summed E-state index contributed by atoms with van der Waals surface area (Å²) in [6.45, 7) is 0.517. The van der Waals surface area contributed by atoms with Crippen molar-refractivity contribution in [3.05, 3.63) is 83.1 Å². The Bertz CT molecular complexity index is 853. The second-order valence-electron chi connectivity index (χ2n) is 5.54. The van der Waals surface area contributed by atoms with Crippen molar-refractivity contribution in [2.75, 3.05) is 12.4 Å². The molecule has 1 N–H and O–H groups in total. The summed E-state index contributed by atoms with van der Waals surface area (Å²) < 4.78 is 0. The van der Waals surface area contributed by atoms with E-state index in [1.807, 2.05) is 42.5 Å². The molecule has 0 saturated carbocycles. The van der Waals surface area contributed by atoms with E-state index < -0.39 is 0 Å². The van der Waals surface area contributed by atoms with Crippen LogP contribution in [0.1, 0.15) is 16.1 Å².